The number of nitrogens with one attached hydrogen (secondary N) is 1. The van der Waals surface area contributed by atoms with E-state index in [2.05, 4.69) is 29.4 Å². The number of benzene rings is 1. The van der Waals surface area contributed by atoms with Gasteiger partial charge in [-0.25, -0.2) is 4.98 Å². The van der Waals surface area contributed by atoms with Gasteiger partial charge in [-0.2, -0.15) is 0 Å². The van der Waals surface area contributed by atoms with Crippen molar-refractivity contribution >= 4 is 23.0 Å². The molecule has 1 aromatic carbocycles. The van der Waals surface area contributed by atoms with E-state index in [1.807, 2.05) is 24.3 Å². The Bertz CT molecular complexity index is 483. The molecule has 0 radical (unpaired) electrons. The summed E-state index contributed by atoms with van der Waals surface area (Å²) in [6.07, 6.45) is 2.70. The van der Waals surface area contributed by atoms with Crippen LogP contribution in [0, 0.1) is 0 Å². The van der Waals surface area contributed by atoms with Gasteiger partial charge in [0.05, 0.1) is 0 Å². The Labute approximate surface area is 100 Å². The Hall–Kier alpha value is -1.54. The van der Waals surface area contributed by atoms with Crippen molar-refractivity contribution in [2.24, 2.45) is 0 Å². The molecule has 0 saturated carbocycles. The summed E-state index contributed by atoms with van der Waals surface area (Å²) in [7, 11) is 0. The van der Waals surface area contributed by atoms with E-state index in [9.17, 15) is 0 Å². The first-order valence-electron chi connectivity index (χ1n) is 5.26. The lowest BCUT2D eigenvalue weighted by Crippen LogP contribution is -1.95. The predicted octanol–water partition coefficient (Wildman–Crippen LogP) is 4.04. The molecule has 0 fully saturated rings. The summed E-state index contributed by atoms with van der Waals surface area (Å²) >= 11 is 5.83. The minimum Gasteiger partial charge on any atom is -0.355 e. The summed E-state index contributed by atoms with van der Waals surface area (Å²) in [5.74, 6) is 0. The summed E-state index contributed by atoms with van der Waals surface area (Å²) < 4.78 is 0. The zero-order valence-corrected chi connectivity index (χ0v) is 9.83. The van der Waals surface area contributed by atoms with Gasteiger partial charge in [-0.05, 0) is 30.2 Å². The summed E-state index contributed by atoms with van der Waals surface area (Å²) in [5.41, 5.74) is 3.36. The zero-order valence-electron chi connectivity index (χ0n) is 9.07. The zero-order chi connectivity index (χ0) is 11.4. The average molecular weight is 233 g/mol. The predicted molar refractivity (Wildman–Crippen MR) is 68.3 cm³/mol. The lowest BCUT2D eigenvalue weighted by Gasteiger charge is -2.10. The molecule has 0 unspecified atom stereocenters. The maximum Gasteiger partial charge on any atom is 0.131 e. The topological polar surface area (TPSA) is 24.9 Å². The quantitative estimate of drug-likeness (QED) is 0.808. The fourth-order valence-electron chi connectivity index (χ4n) is 1.59. The van der Waals surface area contributed by atoms with Crippen molar-refractivity contribution in [3.63, 3.8) is 0 Å². The lowest BCUT2D eigenvalue weighted by atomic mass is 10.1. The van der Waals surface area contributed by atoms with Gasteiger partial charge in [0.15, 0.2) is 0 Å². The van der Waals surface area contributed by atoms with Crippen LogP contribution in [-0.4, -0.2) is 4.98 Å². The van der Waals surface area contributed by atoms with E-state index in [1.54, 1.807) is 6.20 Å². The minimum absolute atomic E-state index is 0.499. The molecule has 0 amide bonds. The Morgan fingerprint density at radius 3 is 2.81 bits per heavy atom. The van der Waals surface area contributed by atoms with Crippen LogP contribution in [-0.2, 0) is 6.42 Å². The Morgan fingerprint density at radius 1 is 1.25 bits per heavy atom. The average Bonchev–Trinajstić information content (AvgIpc) is 2.30. The molecule has 3 heteroatoms. The van der Waals surface area contributed by atoms with Crippen LogP contribution in [0.25, 0.3) is 0 Å². The number of nitrogens with zero attached hydrogens (tertiary/aromatic N) is 1. The number of para-hydroxylation sites is 1. The molecule has 2 rings (SSSR count). The highest BCUT2D eigenvalue weighted by atomic mass is 35.5. The van der Waals surface area contributed by atoms with E-state index in [-0.39, 0.29) is 0 Å². The van der Waals surface area contributed by atoms with E-state index in [0.29, 0.717) is 5.15 Å². The van der Waals surface area contributed by atoms with Crippen molar-refractivity contribution in [2.75, 3.05) is 5.32 Å². The highest BCUT2D eigenvalue weighted by Crippen LogP contribution is 2.22. The van der Waals surface area contributed by atoms with Crippen molar-refractivity contribution in [1.29, 1.82) is 0 Å². The first kappa shape index (κ1) is 11.0. The van der Waals surface area contributed by atoms with Crippen LogP contribution in [0.2, 0.25) is 5.15 Å². The highest BCUT2D eigenvalue weighted by molar-refractivity contribution is 6.29. The van der Waals surface area contributed by atoms with Crippen LogP contribution in [0.15, 0.2) is 42.6 Å². The van der Waals surface area contributed by atoms with E-state index < -0.39 is 0 Å². The lowest BCUT2D eigenvalue weighted by molar-refractivity contribution is 1.14. The van der Waals surface area contributed by atoms with Crippen molar-refractivity contribution in [2.45, 2.75) is 13.3 Å². The van der Waals surface area contributed by atoms with E-state index in [0.717, 1.165) is 17.8 Å². The van der Waals surface area contributed by atoms with Crippen molar-refractivity contribution < 1.29 is 0 Å². The molecule has 1 N–H and O–H groups in total. The third-order valence-corrected chi connectivity index (χ3v) is 2.61. The van der Waals surface area contributed by atoms with Crippen LogP contribution >= 0.6 is 11.6 Å². The van der Waals surface area contributed by atoms with Crippen molar-refractivity contribution in [3.8, 4) is 0 Å². The van der Waals surface area contributed by atoms with Gasteiger partial charge in [0.2, 0.25) is 0 Å². The van der Waals surface area contributed by atoms with E-state index in [4.69, 9.17) is 11.6 Å². The van der Waals surface area contributed by atoms with E-state index in [1.165, 1.54) is 5.56 Å². The van der Waals surface area contributed by atoms with Crippen LogP contribution in [0.4, 0.5) is 11.4 Å². The largest absolute Gasteiger partial charge is 0.355 e. The number of hydrogen-bond acceptors (Lipinski definition) is 2. The third-order valence-electron chi connectivity index (χ3n) is 2.40. The highest BCUT2D eigenvalue weighted by Gasteiger charge is 2.00. The first-order chi connectivity index (χ1) is 7.79. The maximum atomic E-state index is 5.83. The maximum absolute atomic E-state index is 5.83. The van der Waals surface area contributed by atoms with Gasteiger partial charge in [0, 0.05) is 17.6 Å². The Morgan fingerprint density at radius 2 is 2.06 bits per heavy atom. The third kappa shape index (κ3) is 2.52. The molecule has 0 aliphatic carbocycles. The molecular formula is C13H13ClN2. The Kier molecular flexibility index (Phi) is 3.42. The molecule has 16 heavy (non-hydrogen) atoms. The number of aryl methyl sites for hydroxylation is 1. The van der Waals surface area contributed by atoms with Crippen LogP contribution in [0.5, 0.6) is 0 Å². The number of pyridine rings is 1. The number of anilines is 2. The van der Waals surface area contributed by atoms with Gasteiger partial charge < -0.3 is 5.32 Å². The standard InChI is InChI=1S/C13H13ClN2/c1-2-10-5-3-4-6-12(10)16-11-7-8-15-13(14)9-11/h3-9H,2H2,1H3,(H,15,16). The van der Waals surface area contributed by atoms with Gasteiger partial charge in [0.25, 0.3) is 0 Å². The van der Waals surface area contributed by atoms with E-state index >= 15 is 0 Å². The van der Waals surface area contributed by atoms with Gasteiger partial charge in [0.1, 0.15) is 5.15 Å². The second-order valence-electron chi connectivity index (χ2n) is 3.50. The summed E-state index contributed by atoms with van der Waals surface area (Å²) in [6.45, 7) is 2.14. The van der Waals surface area contributed by atoms with Gasteiger partial charge in [-0.3, -0.25) is 0 Å². The summed E-state index contributed by atoms with van der Waals surface area (Å²) in [6, 6.07) is 12.0. The first-order valence-corrected chi connectivity index (χ1v) is 5.64. The molecule has 82 valence electrons. The van der Waals surface area contributed by atoms with Gasteiger partial charge in [-0.15, -0.1) is 0 Å². The molecular weight excluding hydrogens is 220 g/mol. The summed E-state index contributed by atoms with van der Waals surface area (Å²) in [4.78, 5) is 3.95. The number of halogens is 1. The SMILES string of the molecule is CCc1ccccc1Nc1ccnc(Cl)c1. The molecule has 2 nitrogen and oxygen atoms in total. The molecule has 1 heterocycles. The molecule has 1 aromatic heterocycles. The molecule has 0 bridgehead atoms. The fraction of sp³-hybridized carbons (Fsp3) is 0.154. The van der Waals surface area contributed by atoms with Crippen LogP contribution in [0.1, 0.15) is 12.5 Å². The number of rotatable bonds is 3. The fourth-order valence-corrected chi connectivity index (χ4v) is 1.76. The van der Waals surface area contributed by atoms with Crippen LogP contribution < -0.4 is 5.32 Å². The number of aromatic nitrogens is 1. The van der Waals surface area contributed by atoms with Crippen molar-refractivity contribution in [1.82, 2.24) is 4.98 Å². The Balaban J connectivity index is 2.26. The van der Waals surface area contributed by atoms with Gasteiger partial charge >= 0.3 is 0 Å². The molecule has 0 atom stereocenters. The smallest absolute Gasteiger partial charge is 0.131 e. The molecule has 0 spiro atoms. The normalized spacial score (nSPS) is 10.1. The van der Waals surface area contributed by atoms with Crippen LogP contribution in [0.3, 0.4) is 0 Å². The number of hydrogen-bond donors (Lipinski definition) is 1. The van der Waals surface area contributed by atoms with Gasteiger partial charge in [-0.1, -0.05) is 36.7 Å². The minimum atomic E-state index is 0.499. The second-order valence-corrected chi connectivity index (χ2v) is 3.89. The molecule has 0 aliphatic rings. The molecule has 2 aromatic rings. The summed E-state index contributed by atoms with van der Waals surface area (Å²) in [5, 5.41) is 3.84. The molecule has 0 saturated heterocycles. The second kappa shape index (κ2) is 4.99. The van der Waals surface area contributed by atoms with Crippen molar-refractivity contribution in [3.05, 3.63) is 53.3 Å². The molecule has 0 aliphatic heterocycles. The monoisotopic (exact) mass is 232 g/mol.